The Kier molecular flexibility index (Phi) is 9.17. The van der Waals surface area contributed by atoms with Gasteiger partial charge in [-0.3, -0.25) is 0 Å². The second kappa shape index (κ2) is 11.9. The molecule has 9 atom stereocenters. The van der Waals surface area contributed by atoms with Crippen molar-refractivity contribution in [1.29, 1.82) is 0 Å². The normalized spacial score (nSPS) is 38.2. The highest BCUT2D eigenvalue weighted by molar-refractivity contribution is 5.85. The molecular weight excluding hydrogens is 450 g/mol. The van der Waals surface area contributed by atoms with Crippen LogP contribution in [0.2, 0.25) is 0 Å². The first kappa shape index (κ1) is 26.3. The largest absolute Gasteiger partial charge is 0.545 e. The van der Waals surface area contributed by atoms with Crippen molar-refractivity contribution in [3.05, 3.63) is 60.6 Å². The molecule has 0 amide bonds. The molecule has 0 aromatic rings. The van der Waals surface area contributed by atoms with Crippen LogP contribution in [0.3, 0.4) is 0 Å². The van der Waals surface area contributed by atoms with Crippen molar-refractivity contribution in [2.24, 2.45) is 11.8 Å². The van der Waals surface area contributed by atoms with Crippen molar-refractivity contribution in [3.8, 4) is 0 Å². The maximum atomic E-state index is 11.7. The van der Waals surface area contributed by atoms with Crippen molar-refractivity contribution < 1.29 is 54.5 Å². The van der Waals surface area contributed by atoms with Crippen LogP contribution in [0.1, 0.15) is 0 Å². The van der Waals surface area contributed by atoms with Gasteiger partial charge in [-0.15, -0.1) is 6.58 Å². The molecule has 34 heavy (non-hydrogen) atoms. The summed E-state index contributed by atoms with van der Waals surface area (Å²) in [5.41, 5.74) is 0.769. The second-order valence-corrected chi connectivity index (χ2v) is 8.31. The highest BCUT2D eigenvalue weighted by Crippen LogP contribution is 2.35. The first-order valence-corrected chi connectivity index (χ1v) is 11.0. The fourth-order valence-corrected chi connectivity index (χ4v) is 4.14. The summed E-state index contributed by atoms with van der Waals surface area (Å²) in [4.78, 5) is 12.8. The molecule has 0 saturated carbocycles. The number of aliphatic carboxylic acids is 1. The number of carboxylic acid groups (broad SMARTS) is 1. The molecule has 3 rings (SSSR count). The number of quaternary nitrogens is 1. The average molecular weight is 481 g/mol. The lowest BCUT2D eigenvalue weighted by atomic mass is 9.83. The maximum absolute atomic E-state index is 11.7. The van der Waals surface area contributed by atoms with E-state index in [4.69, 9.17) is 19.3 Å². The van der Waals surface area contributed by atoms with E-state index < -0.39 is 61.4 Å². The highest BCUT2D eigenvalue weighted by atomic mass is 16.8. The van der Waals surface area contributed by atoms with Gasteiger partial charge in [-0.25, -0.2) is 0 Å². The lowest BCUT2D eigenvalue weighted by Crippen LogP contribution is -3.08. The Morgan fingerprint density at radius 1 is 1.24 bits per heavy atom. The molecule has 0 bridgehead atoms. The minimum absolute atomic E-state index is 0.0315. The summed E-state index contributed by atoms with van der Waals surface area (Å²) in [6.07, 6.45) is 2.91. The zero-order valence-corrected chi connectivity index (χ0v) is 18.5. The lowest BCUT2D eigenvalue weighted by molar-refractivity contribution is -0.842. The molecule has 11 heteroatoms. The second-order valence-electron chi connectivity index (χ2n) is 8.31. The number of hydrogen-bond donors (Lipinski definition) is 6. The quantitative estimate of drug-likeness (QED) is 0.179. The Morgan fingerprint density at radius 3 is 2.65 bits per heavy atom. The molecule has 3 aliphatic rings. The maximum Gasteiger partial charge on any atom is 0.208 e. The molecule has 3 aliphatic heterocycles. The molecule has 1 unspecified atom stereocenters. The van der Waals surface area contributed by atoms with Crippen LogP contribution in [-0.2, 0) is 19.0 Å². The molecule has 1 saturated heterocycles. The van der Waals surface area contributed by atoms with Crippen LogP contribution in [0.4, 0.5) is 0 Å². The van der Waals surface area contributed by atoms with E-state index in [1.807, 2.05) is 18.4 Å². The van der Waals surface area contributed by atoms with E-state index in [1.54, 1.807) is 12.2 Å². The minimum Gasteiger partial charge on any atom is -0.545 e. The Hall–Kier alpha value is -2.35. The van der Waals surface area contributed by atoms with Gasteiger partial charge in [0.05, 0.1) is 31.6 Å². The molecule has 0 spiro atoms. The van der Waals surface area contributed by atoms with Gasteiger partial charge < -0.3 is 54.5 Å². The first-order valence-electron chi connectivity index (χ1n) is 11.0. The van der Waals surface area contributed by atoms with E-state index in [1.165, 1.54) is 6.08 Å². The Bertz CT molecular complexity index is 851. The Labute approximate surface area is 196 Å². The van der Waals surface area contributed by atoms with Gasteiger partial charge in [-0.2, -0.15) is 0 Å². The third-order valence-electron chi connectivity index (χ3n) is 6.07. The minimum atomic E-state index is -1.65. The van der Waals surface area contributed by atoms with Gasteiger partial charge in [0.25, 0.3) is 0 Å². The number of carboxylic acids is 1. The molecule has 1 fully saturated rings. The van der Waals surface area contributed by atoms with Crippen LogP contribution < -0.4 is 10.0 Å². The number of ether oxygens (including phenoxy) is 3. The Balaban J connectivity index is 1.79. The zero-order chi connectivity index (χ0) is 24.8. The summed E-state index contributed by atoms with van der Waals surface area (Å²) in [6, 6.07) is 0. The van der Waals surface area contributed by atoms with Gasteiger partial charge in [-0.05, 0) is 12.2 Å². The molecule has 3 heterocycles. The molecule has 0 aliphatic carbocycles. The predicted molar refractivity (Wildman–Crippen MR) is 114 cm³/mol. The molecular formula is C23H31NO10. The van der Waals surface area contributed by atoms with E-state index in [9.17, 15) is 30.3 Å². The molecule has 11 nitrogen and oxygen atoms in total. The number of aliphatic hydroxyl groups is 5. The molecule has 0 aromatic carbocycles. The molecule has 0 radical (unpaired) electrons. The summed E-state index contributed by atoms with van der Waals surface area (Å²) in [5, 5.41) is 60.5. The van der Waals surface area contributed by atoms with Crippen molar-refractivity contribution >= 4 is 5.97 Å². The summed E-state index contributed by atoms with van der Waals surface area (Å²) in [6.45, 7) is 4.30. The lowest BCUT2D eigenvalue weighted by Gasteiger charge is -2.43. The first-order chi connectivity index (χ1) is 16.3. The number of allylic oxidation sites excluding steroid dienone is 3. The van der Waals surface area contributed by atoms with Gasteiger partial charge in [0, 0.05) is 23.0 Å². The van der Waals surface area contributed by atoms with Crippen LogP contribution in [0.5, 0.6) is 0 Å². The highest BCUT2D eigenvalue weighted by Gasteiger charge is 2.46. The van der Waals surface area contributed by atoms with E-state index in [-0.39, 0.29) is 12.2 Å². The van der Waals surface area contributed by atoms with Crippen molar-refractivity contribution in [2.45, 2.75) is 37.0 Å². The Morgan fingerprint density at radius 2 is 2.00 bits per heavy atom. The molecule has 188 valence electrons. The van der Waals surface area contributed by atoms with Gasteiger partial charge in [0.2, 0.25) is 6.29 Å². The SMILES string of the molecule is C=C[C@H]1[C@H](O[C@@H]2O[C@H](CO)[C@@H](O)[C@H](O)[C@H]2O)OC=C(C(=O)[O-])[C@H]1/C=C/C1=CC=C[NH+](CCO)C1. The van der Waals surface area contributed by atoms with Gasteiger partial charge in [0.15, 0.2) is 6.29 Å². The number of carbonyl (C=O) groups excluding carboxylic acids is 1. The van der Waals surface area contributed by atoms with Crippen LogP contribution in [-0.4, -0.2) is 94.8 Å². The standard InChI is InChI=1S/C23H31NO10/c1-2-14-15(6-5-13-4-3-7-24(10-13)8-9-25)16(21(30)31)12-32-22(14)34-23-20(29)19(28)18(27)17(11-26)33-23/h2-7,12,14-15,17-20,22-23,25-29H,1,8-11H2,(H,30,31)/b6-5+/t14-,15+,17-,18-,19+,20-,22+,23+/m1/s1. The monoisotopic (exact) mass is 481 g/mol. The van der Waals surface area contributed by atoms with Crippen molar-refractivity contribution in [2.75, 3.05) is 26.3 Å². The van der Waals surface area contributed by atoms with Crippen LogP contribution in [0.15, 0.2) is 60.6 Å². The van der Waals surface area contributed by atoms with Gasteiger partial charge >= 0.3 is 0 Å². The van der Waals surface area contributed by atoms with Crippen LogP contribution >= 0.6 is 0 Å². The van der Waals surface area contributed by atoms with E-state index in [2.05, 4.69) is 6.58 Å². The fourth-order valence-electron chi connectivity index (χ4n) is 4.14. The van der Waals surface area contributed by atoms with Crippen molar-refractivity contribution in [1.82, 2.24) is 0 Å². The summed E-state index contributed by atoms with van der Waals surface area (Å²) >= 11 is 0. The van der Waals surface area contributed by atoms with E-state index in [0.29, 0.717) is 13.1 Å². The summed E-state index contributed by atoms with van der Waals surface area (Å²) < 4.78 is 16.5. The summed E-state index contributed by atoms with van der Waals surface area (Å²) in [5.74, 6) is -2.95. The smallest absolute Gasteiger partial charge is 0.208 e. The number of nitrogens with one attached hydrogen (secondary N) is 1. The van der Waals surface area contributed by atoms with Crippen molar-refractivity contribution in [3.63, 3.8) is 0 Å². The average Bonchev–Trinajstić information content (AvgIpc) is 2.83. The zero-order valence-electron chi connectivity index (χ0n) is 18.5. The molecule has 0 aromatic heterocycles. The number of rotatable bonds is 9. The predicted octanol–water partition coefficient (Wildman–Crippen LogP) is -3.90. The van der Waals surface area contributed by atoms with E-state index >= 15 is 0 Å². The number of carbonyl (C=O) groups is 1. The molecule has 6 N–H and O–H groups in total. The van der Waals surface area contributed by atoms with Crippen LogP contribution in [0.25, 0.3) is 0 Å². The third kappa shape index (κ3) is 5.82. The topological polar surface area (TPSA) is 173 Å². The van der Waals surface area contributed by atoms with Gasteiger partial charge in [0.1, 0.15) is 37.5 Å². The van der Waals surface area contributed by atoms with Crippen LogP contribution in [0, 0.1) is 11.8 Å². The summed E-state index contributed by atoms with van der Waals surface area (Å²) in [7, 11) is 0. The van der Waals surface area contributed by atoms with Gasteiger partial charge in [-0.1, -0.05) is 18.2 Å². The third-order valence-corrected chi connectivity index (χ3v) is 6.07. The fraction of sp³-hybridized carbons (Fsp3) is 0.522. The van der Waals surface area contributed by atoms with E-state index in [0.717, 1.165) is 16.7 Å². The number of aliphatic hydroxyl groups excluding tert-OH is 5. The number of hydrogen-bond acceptors (Lipinski definition) is 10.